The molecular weight excluding hydrogens is 210 g/mol. The highest BCUT2D eigenvalue weighted by Gasteiger charge is 2.09. The molecule has 1 heterocycles. The Kier molecular flexibility index (Phi) is 5.25. The number of ketones is 1. The topological polar surface area (TPSA) is 80.4 Å². The Labute approximate surface area is 93.5 Å². The van der Waals surface area contributed by atoms with Gasteiger partial charge in [-0.05, 0) is 12.8 Å². The number of aliphatic carboxylic acids is 1. The van der Waals surface area contributed by atoms with Crippen LogP contribution in [0.15, 0.2) is 16.9 Å². The summed E-state index contributed by atoms with van der Waals surface area (Å²) in [5, 5.41) is 8.41. The van der Waals surface area contributed by atoms with Crippen LogP contribution in [-0.2, 0) is 4.79 Å². The van der Waals surface area contributed by atoms with Crippen molar-refractivity contribution in [2.75, 3.05) is 0 Å². The quantitative estimate of drug-likeness (QED) is 0.542. The van der Waals surface area contributed by atoms with Crippen LogP contribution in [0.1, 0.15) is 49.2 Å². The molecule has 0 bridgehead atoms. The van der Waals surface area contributed by atoms with Gasteiger partial charge < -0.3 is 9.52 Å². The SMILES string of the molecule is O=C(O)CCCCCCC(=O)c1ncco1. The summed E-state index contributed by atoms with van der Waals surface area (Å²) >= 11 is 0. The van der Waals surface area contributed by atoms with E-state index in [1.54, 1.807) is 0 Å². The lowest BCUT2D eigenvalue weighted by molar-refractivity contribution is -0.137. The highest BCUT2D eigenvalue weighted by atomic mass is 16.4. The normalized spacial score (nSPS) is 10.2. The minimum absolute atomic E-state index is 0.0942. The summed E-state index contributed by atoms with van der Waals surface area (Å²) in [4.78, 5) is 25.4. The molecule has 88 valence electrons. The van der Waals surface area contributed by atoms with Crippen molar-refractivity contribution in [2.24, 2.45) is 0 Å². The number of Topliss-reactive ketones (excluding diaryl/α,β-unsaturated/α-hetero) is 1. The van der Waals surface area contributed by atoms with Gasteiger partial charge in [0.25, 0.3) is 5.89 Å². The number of nitrogens with zero attached hydrogens (tertiary/aromatic N) is 1. The molecule has 0 unspecified atom stereocenters. The molecule has 1 aromatic heterocycles. The molecule has 0 amide bonds. The standard InChI is InChI=1S/C11H15NO4/c13-9(11-12-7-8-16-11)5-3-1-2-4-6-10(14)15/h7-8H,1-6H2,(H,14,15). The van der Waals surface area contributed by atoms with E-state index < -0.39 is 5.97 Å². The number of carboxylic acids is 1. The highest BCUT2D eigenvalue weighted by Crippen LogP contribution is 2.08. The van der Waals surface area contributed by atoms with E-state index in [4.69, 9.17) is 9.52 Å². The zero-order valence-corrected chi connectivity index (χ0v) is 9.02. The van der Waals surface area contributed by atoms with Crippen LogP contribution in [-0.4, -0.2) is 21.8 Å². The second-order valence-electron chi connectivity index (χ2n) is 3.57. The molecule has 1 rings (SSSR count). The van der Waals surface area contributed by atoms with Crippen LogP contribution in [0.3, 0.4) is 0 Å². The molecule has 0 radical (unpaired) electrons. The smallest absolute Gasteiger partial charge is 0.303 e. The van der Waals surface area contributed by atoms with Crippen LogP contribution in [0.5, 0.6) is 0 Å². The maximum absolute atomic E-state index is 11.4. The Morgan fingerprint density at radius 2 is 1.88 bits per heavy atom. The summed E-state index contributed by atoms with van der Waals surface area (Å²) in [5.41, 5.74) is 0. The minimum atomic E-state index is -0.768. The van der Waals surface area contributed by atoms with E-state index in [9.17, 15) is 9.59 Å². The van der Waals surface area contributed by atoms with Crippen LogP contribution in [0.4, 0.5) is 0 Å². The number of rotatable bonds is 8. The third kappa shape index (κ3) is 4.72. The molecule has 0 aliphatic rings. The van der Waals surface area contributed by atoms with Crippen molar-refractivity contribution in [3.63, 3.8) is 0 Å². The number of aromatic nitrogens is 1. The van der Waals surface area contributed by atoms with E-state index in [1.807, 2.05) is 0 Å². The van der Waals surface area contributed by atoms with E-state index in [1.165, 1.54) is 12.5 Å². The van der Waals surface area contributed by atoms with Gasteiger partial charge in [-0.15, -0.1) is 0 Å². The van der Waals surface area contributed by atoms with Crippen molar-refractivity contribution in [2.45, 2.75) is 38.5 Å². The first-order valence-electron chi connectivity index (χ1n) is 5.34. The molecule has 5 heteroatoms. The fourth-order valence-corrected chi connectivity index (χ4v) is 1.38. The first-order valence-corrected chi connectivity index (χ1v) is 5.34. The van der Waals surface area contributed by atoms with Gasteiger partial charge >= 0.3 is 5.97 Å². The summed E-state index contributed by atoms with van der Waals surface area (Å²) < 4.78 is 4.87. The average Bonchev–Trinajstić information content (AvgIpc) is 2.75. The fourth-order valence-electron chi connectivity index (χ4n) is 1.38. The molecule has 0 spiro atoms. The molecule has 0 atom stereocenters. The van der Waals surface area contributed by atoms with Crippen LogP contribution in [0.25, 0.3) is 0 Å². The van der Waals surface area contributed by atoms with Crippen molar-refractivity contribution in [1.29, 1.82) is 0 Å². The number of hydrogen-bond acceptors (Lipinski definition) is 4. The summed E-state index contributed by atoms with van der Waals surface area (Å²) in [7, 11) is 0. The van der Waals surface area contributed by atoms with Crippen LogP contribution in [0.2, 0.25) is 0 Å². The number of hydrogen-bond donors (Lipinski definition) is 1. The Hall–Kier alpha value is -1.65. The molecule has 0 fully saturated rings. The predicted octanol–water partition coefficient (Wildman–Crippen LogP) is 2.28. The van der Waals surface area contributed by atoms with Gasteiger partial charge in [-0.2, -0.15) is 0 Å². The molecule has 1 N–H and O–H groups in total. The van der Waals surface area contributed by atoms with E-state index in [0.717, 1.165) is 19.3 Å². The largest absolute Gasteiger partial charge is 0.481 e. The minimum Gasteiger partial charge on any atom is -0.481 e. The summed E-state index contributed by atoms with van der Waals surface area (Å²) in [6.07, 6.45) is 6.55. The van der Waals surface area contributed by atoms with Crippen LogP contribution in [0, 0.1) is 0 Å². The molecule has 1 aromatic rings. The third-order valence-electron chi connectivity index (χ3n) is 2.22. The number of oxazole rings is 1. The molecule has 0 aromatic carbocycles. The molecule has 0 aliphatic carbocycles. The zero-order valence-electron chi connectivity index (χ0n) is 9.02. The second-order valence-corrected chi connectivity index (χ2v) is 3.57. The predicted molar refractivity (Wildman–Crippen MR) is 56.2 cm³/mol. The summed E-state index contributed by atoms with van der Waals surface area (Å²) in [6, 6.07) is 0. The van der Waals surface area contributed by atoms with Crippen molar-refractivity contribution < 1.29 is 19.1 Å². The van der Waals surface area contributed by atoms with E-state index in [2.05, 4.69) is 4.98 Å². The van der Waals surface area contributed by atoms with E-state index >= 15 is 0 Å². The fraction of sp³-hybridized carbons (Fsp3) is 0.545. The van der Waals surface area contributed by atoms with Gasteiger partial charge in [0.05, 0.1) is 6.20 Å². The molecule has 0 saturated carbocycles. The zero-order chi connectivity index (χ0) is 11.8. The average molecular weight is 225 g/mol. The molecule has 0 saturated heterocycles. The van der Waals surface area contributed by atoms with Crippen molar-refractivity contribution in [3.05, 3.63) is 18.4 Å². The van der Waals surface area contributed by atoms with Crippen molar-refractivity contribution in [3.8, 4) is 0 Å². The Morgan fingerprint density at radius 3 is 2.44 bits per heavy atom. The number of carbonyl (C=O) groups excluding carboxylic acids is 1. The maximum Gasteiger partial charge on any atom is 0.303 e. The lowest BCUT2D eigenvalue weighted by atomic mass is 10.1. The Balaban J connectivity index is 2.03. The van der Waals surface area contributed by atoms with Gasteiger partial charge in [-0.25, -0.2) is 4.98 Å². The van der Waals surface area contributed by atoms with Gasteiger partial charge in [-0.1, -0.05) is 12.8 Å². The molecule has 0 aliphatic heterocycles. The third-order valence-corrected chi connectivity index (χ3v) is 2.22. The highest BCUT2D eigenvalue weighted by molar-refractivity contribution is 5.91. The second kappa shape index (κ2) is 6.76. The Morgan fingerprint density at radius 1 is 1.19 bits per heavy atom. The van der Waals surface area contributed by atoms with Crippen LogP contribution < -0.4 is 0 Å². The van der Waals surface area contributed by atoms with Gasteiger partial charge in [0.15, 0.2) is 0 Å². The van der Waals surface area contributed by atoms with Gasteiger partial charge in [0.2, 0.25) is 5.78 Å². The summed E-state index contributed by atoms with van der Waals surface area (Å²) in [5.74, 6) is -0.704. The van der Waals surface area contributed by atoms with Crippen molar-refractivity contribution >= 4 is 11.8 Å². The number of carbonyl (C=O) groups is 2. The first-order chi connectivity index (χ1) is 7.70. The van der Waals surface area contributed by atoms with Crippen LogP contribution >= 0.6 is 0 Å². The van der Waals surface area contributed by atoms with E-state index in [-0.39, 0.29) is 18.1 Å². The monoisotopic (exact) mass is 225 g/mol. The first kappa shape index (κ1) is 12.4. The lowest BCUT2D eigenvalue weighted by Crippen LogP contribution is -1.99. The Bertz CT molecular complexity index is 332. The maximum atomic E-state index is 11.4. The molecule has 16 heavy (non-hydrogen) atoms. The lowest BCUT2D eigenvalue weighted by Gasteiger charge is -1.98. The van der Waals surface area contributed by atoms with Crippen molar-refractivity contribution in [1.82, 2.24) is 4.98 Å². The van der Waals surface area contributed by atoms with Gasteiger partial charge in [0, 0.05) is 12.8 Å². The number of unbranched alkanes of at least 4 members (excludes halogenated alkanes) is 3. The van der Waals surface area contributed by atoms with Gasteiger partial charge in [0.1, 0.15) is 6.26 Å². The van der Waals surface area contributed by atoms with Gasteiger partial charge in [-0.3, -0.25) is 9.59 Å². The molecular formula is C11H15NO4. The molecule has 5 nitrogen and oxygen atoms in total. The van der Waals surface area contributed by atoms with E-state index in [0.29, 0.717) is 12.8 Å². The summed E-state index contributed by atoms with van der Waals surface area (Å²) in [6.45, 7) is 0. The number of carboxylic acid groups (broad SMARTS) is 1.